The number of aromatic hydroxyl groups is 1. The first-order chi connectivity index (χ1) is 10.1. The molecule has 1 unspecified atom stereocenters. The van der Waals surface area contributed by atoms with E-state index >= 15 is 0 Å². The molecule has 0 radical (unpaired) electrons. The number of hydrogen-bond donors (Lipinski definition) is 1. The first kappa shape index (κ1) is 13.9. The van der Waals surface area contributed by atoms with Crippen molar-refractivity contribution in [3.05, 3.63) is 65.0 Å². The molecule has 6 heteroatoms. The molecule has 0 aliphatic heterocycles. The summed E-state index contributed by atoms with van der Waals surface area (Å²) < 4.78 is 5.57. The Balaban J connectivity index is 1.95. The zero-order chi connectivity index (χ0) is 14.8. The third-order valence-electron chi connectivity index (χ3n) is 2.93. The first-order valence-electron chi connectivity index (χ1n) is 6.16. The van der Waals surface area contributed by atoms with Crippen molar-refractivity contribution in [2.75, 3.05) is 0 Å². The number of halogens is 2. The van der Waals surface area contributed by atoms with Crippen molar-refractivity contribution in [1.82, 2.24) is 10.2 Å². The van der Waals surface area contributed by atoms with Crippen LogP contribution < -0.4 is 0 Å². The molecule has 0 aliphatic rings. The molecule has 106 valence electrons. The Hall–Kier alpha value is -2.04. The Morgan fingerprint density at radius 3 is 2.57 bits per heavy atom. The van der Waals surface area contributed by atoms with Crippen LogP contribution in [-0.2, 0) is 0 Å². The van der Waals surface area contributed by atoms with Crippen molar-refractivity contribution >= 4 is 23.2 Å². The van der Waals surface area contributed by atoms with Crippen LogP contribution in [0.25, 0.3) is 11.5 Å². The minimum absolute atomic E-state index is 0.0691. The second-order valence-electron chi connectivity index (χ2n) is 4.38. The van der Waals surface area contributed by atoms with Gasteiger partial charge in [-0.3, -0.25) is 0 Å². The molecule has 3 aromatic rings. The molecule has 4 nitrogen and oxygen atoms in total. The zero-order valence-electron chi connectivity index (χ0n) is 10.7. The minimum atomic E-state index is -0.538. The molecule has 1 N–H and O–H groups in total. The summed E-state index contributed by atoms with van der Waals surface area (Å²) in [5.41, 5.74) is 1.32. The summed E-state index contributed by atoms with van der Waals surface area (Å²) in [6, 6.07) is 13.9. The van der Waals surface area contributed by atoms with Gasteiger partial charge in [-0.1, -0.05) is 41.9 Å². The molecule has 1 aromatic heterocycles. The zero-order valence-corrected chi connectivity index (χ0v) is 12.2. The number of benzene rings is 2. The van der Waals surface area contributed by atoms with Gasteiger partial charge in [-0.15, -0.1) is 21.8 Å². The van der Waals surface area contributed by atoms with Gasteiger partial charge in [0, 0.05) is 0 Å². The van der Waals surface area contributed by atoms with Gasteiger partial charge in [-0.05, 0) is 23.8 Å². The lowest BCUT2D eigenvalue weighted by atomic mass is 10.1. The van der Waals surface area contributed by atoms with E-state index in [9.17, 15) is 5.11 Å². The van der Waals surface area contributed by atoms with Crippen LogP contribution in [0.4, 0.5) is 0 Å². The second-order valence-corrected chi connectivity index (χ2v) is 5.23. The molecular formula is C15H10Cl2N2O2. The van der Waals surface area contributed by atoms with Crippen molar-refractivity contribution < 1.29 is 9.52 Å². The number of hydrogen-bond acceptors (Lipinski definition) is 4. The monoisotopic (exact) mass is 320 g/mol. The van der Waals surface area contributed by atoms with Gasteiger partial charge in [0.1, 0.15) is 11.1 Å². The number of alkyl halides is 1. The molecule has 3 rings (SSSR count). The molecule has 0 saturated heterocycles. The molecule has 1 atom stereocenters. The summed E-state index contributed by atoms with van der Waals surface area (Å²) in [6.07, 6.45) is 0. The molecular weight excluding hydrogens is 311 g/mol. The summed E-state index contributed by atoms with van der Waals surface area (Å²) in [4.78, 5) is 0. The van der Waals surface area contributed by atoms with Crippen molar-refractivity contribution in [3.63, 3.8) is 0 Å². The van der Waals surface area contributed by atoms with Crippen LogP contribution in [0.5, 0.6) is 5.75 Å². The van der Waals surface area contributed by atoms with Gasteiger partial charge >= 0.3 is 0 Å². The van der Waals surface area contributed by atoms with Crippen LogP contribution in [0.1, 0.15) is 16.8 Å². The van der Waals surface area contributed by atoms with Crippen LogP contribution in [0.15, 0.2) is 52.9 Å². The number of aromatic nitrogens is 2. The quantitative estimate of drug-likeness (QED) is 0.725. The van der Waals surface area contributed by atoms with E-state index in [-0.39, 0.29) is 17.5 Å². The average Bonchev–Trinajstić information content (AvgIpc) is 2.99. The fourth-order valence-corrected chi connectivity index (χ4v) is 2.32. The Morgan fingerprint density at radius 1 is 1.05 bits per heavy atom. The summed E-state index contributed by atoms with van der Waals surface area (Å²) in [6.45, 7) is 0. The number of nitrogens with zero attached hydrogens (tertiary/aromatic N) is 2. The standard InChI is InChI=1S/C15H10Cl2N2O2/c16-12-7-6-10(20)8-11(12)14-18-19-15(21-14)13(17)9-4-2-1-3-5-9/h1-8,13,20H. The minimum Gasteiger partial charge on any atom is -0.508 e. The third kappa shape index (κ3) is 2.86. The lowest BCUT2D eigenvalue weighted by Gasteiger charge is -2.04. The van der Waals surface area contributed by atoms with Crippen molar-refractivity contribution in [1.29, 1.82) is 0 Å². The van der Waals surface area contributed by atoms with Crippen molar-refractivity contribution in [2.24, 2.45) is 0 Å². The fraction of sp³-hybridized carbons (Fsp3) is 0.0667. The number of rotatable bonds is 3. The first-order valence-corrected chi connectivity index (χ1v) is 6.98. The van der Waals surface area contributed by atoms with Crippen LogP contribution in [-0.4, -0.2) is 15.3 Å². The van der Waals surface area contributed by atoms with E-state index < -0.39 is 5.38 Å². The fourth-order valence-electron chi connectivity index (χ4n) is 1.89. The highest BCUT2D eigenvalue weighted by atomic mass is 35.5. The Bertz CT molecular complexity index is 759. The lowest BCUT2D eigenvalue weighted by Crippen LogP contribution is -1.92. The van der Waals surface area contributed by atoms with Crippen molar-refractivity contribution in [2.45, 2.75) is 5.38 Å². The summed E-state index contributed by atoms with van der Waals surface area (Å²) in [7, 11) is 0. The Kier molecular flexibility index (Phi) is 3.82. The molecule has 21 heavy (non-hydrogen) atoms. The van der Waals surface area contributed by atoms with Crippen LogP contribution >= 0.6 is 23.2 Å². The predicted octanol–water partition coefficient (Wildman–Crippen LogP) is 4.42. The average molecular weight is 321 g/mol. The van der Waals surface area contributed by atoms with Gasteiger partial charge in [0.2, 0.25) is 11.8 Å². The lowest BCUT2D eigenvalue weighted by molar-refractivity contribution is 0.474. The maximum absolute atomic E-state index is 9.52. The summed E-state index contributed by atoms with van der Waals surface area (Å²) >= 11 is 12.4. The van der Waals surface area contributed by atoms with E-state index in [1.54, 1.807) is 6.07 Å². The topological polar surface area (TPSA) is 59.2 Å². The maximum atomic E-state index is 9.52. The molecule has 0 spiro atoms. The van der Waals surface area contributed by atoms with Crippen LogP contribution in [0, 0.1) is 0 Å². The SMILES string of the molecule is Oc1ccc(Cl)c(-c2nnc(C(Cl)c3ccccc3)o2)c1. The van der Waals surface area contributed by atoms with E-state index in [2.05, 4.69) is 10.2 Å². The van der Waals surface area contributed by atoms with Gasteiger partial charge in [0.25, 0.3) is 0 Å². The van der Waals surface area contributed by atoms with E-state index in [0.29, 0.717) is 10.6 Å². The molecule has 1 heterocycles. The number of phenols is 1. The molecule has 0 saturated carbocycles. The van der Waals surface area contributed by atoms with E-state index in [0.717, 1.165) is 5.56 Å². The van der Waals surface area contributed by atoms with Gasteiger partial charge in [-0.25, -0.2) is 0 Å². The van der Waals surface area contributed by atoms with Gasteiger partial charge in [-0.2, -0.15) is 0 Å². The molecule has 0 bridgehead atoms. The highest BCUT2D eigenvalue weighted by Crippen LogP contribution is 2.33. The van der Waals surface area contributed by atoms with E-state index in [1.165, 1.54) is 12.1 Å². The Morgan fingerprint density at radius 2 is 1.81 bits per heavy atom. The largest absolute Gasteiger partial charge is 0.508 e. The molecule has 0 fully saturated rings. The highest BCUT2D eigenvalue weighted by Gasteiger charge is 2.19. The number of phenolic OH excluding ortho intramolecular Hbond substituents is 1. The van der Waals surface area contributed by atoms with Crippen molar-refractivity contribution in [3.8, 4) is 17.2 Å². The summed E-state index contributed by atoms with van der Waals surface area (Å²) in [5, 5.41) is 17.3. The maximum Gasteiger partial charge on any atom is 0.249 e. The normalized spacial score (nSPS) is 12.3. The van der Waals surface area contributed by atoms with Crippen LogP contribution in [0.2, 0.25) is 5.02 Å². The van der Waals surface area contributed by atoms with Gasteiger partial charge < -0.3 is 9.52 Å². The Labute approximate surface area is 131 Å². The van der Waals surface area contributed by atoms with E-state index in [4.69, 9.17) is 27.6 Å². The highest BCUT2D eigenvalue weighted by molar-refractivity contribution is 6.33. The molecule has 2 aromatic carbocycles. The second kappa shape index (κ2) is 5.76. The van der Waals surface area contributed by atoms with Gasteiger partial charge in [0.05, 0.1) is 10.6 Å². The smallest absolute Gasteiger partial charge is 0.249 e. The predicted molar refractivity (Wildman–Crippen MR) is 80.5 cm³/mol. The third-order valence-corrected chi connectivity index (χ3v) is 3.70. The van der Waals surface area contributed by atoms with Crippen LogP contribution in [0.3, 0.4) is 0 Å². The van der Waals surface area contributed by atoms with E-state index in [1.807, 2.05) is 30.3 Å². The summed E-state index contributed by atoms with van der Waals surface area (Å²) in [5.74, 6) is 0.560. The molecule has 0 aliphatic carbocycles. The van der Waals surface area contributed by atoms with Gasteiger partial charge in [0.15, 0.2) is 0 Å². The molecule has 0 amide bonds.